The third kappa shape index (κ3) is 2.71. The molecule has 7 heteroatoms. The average Bonchev–Trinajstić information content (AvgIpc) is 2.58. The van der Waals surface area contributed by atoms with E-state index >= 15 is 0 Å². The first-order valence-electron chi connectivity index (χ1n) is 6.79. The molecule has 0 atom stereocenters. The van der Waals surface area contributed by atoms with Crippen LogP contribution >= 0.6 is 0 Å². The number of nitrogens with one attached hydrogen (secondary N) is 3. The largest absolute Gasteiger partial charge is 0.497 e. The molecule has 7 nitrogen and oxygen atoms in total. The molecule has 1 heterocycles. The second-order valence-corrected chi connectivity index (χ2v) is 4.82. The van der Waals surface area contributed by atoms with Crippen molar-refractivity contribution in [3.05, 3.63) is 68.7 Å². The van der Waals surface area contributed by atoms with E-state index < -0.39 is 11.1 Å². The van der Waals surface area contributed by atoms with Gasteiger partial charge in [-0.2, -0.15) is 0 Å². The van der Waals surface area contributed by atoms with Crippen LogP contribution in [0.1, 0.15) is 10.4 Å². The van der Waals surface area contributed by atoms with E-state index in [-0.39, 0.29) is 22.4 Å². The number of H-pyrrole nitrogens is 2. The maximum atomic E-state index is 12.3. The maximum absolute atomic E-state index is 12.3. The number of amides is 1. The van der Waals surface area contributed by atoms with Crippen LogP contribution < -0.4 is 21.2 Å². The van der Waals surface area contributed by atoms with E-state index in [0.717, 1.165) is 0 Å². The van der Waals surface area contributed by atoms with Gasteiger partial charge in [0, 0.05) is 5.56 Å². The van der Waals surface area contributed by atoms with E-state index in [1.807, 2.05) is 0 Å². The molecule has 3 rings (SSSR count). The Bertz CT molecular complexity index is 987. The quantitative estimate of drug-likeness (QED) is 0.681. The Hall–Kier alpha value is -3.35. The van der Waals surface area contributed by atoms with Crippen molar-refractivity contribution in [2.75, 3.05) is 12.4 Å². The van der Waals surface area contributed by atoms with Gasteiger partial charge in [0.1, 0.15) is 5.75 Å². The van der Waals surface area contributed by atoms with Crippen LogP contribution in [0, 0.1) is 0 Å². The van der Waals surface area contributed by atoms with Crippen molar-refractivity contribution in [2.45, 2.75) is 0 Å². The van der Waals surface area contributed by atoms with Gasteiger partial charge in [0.25, 0.3) is 17.0 Å². The van der Waals surface area contributed by atoms with Crippen molar-refractivity contribution < 1.29 is 9.53 Å². The predicted octanol–water partition coefficient (Wildman–Crippen LogP) is 1.48. The van der Waals surface area contributed by atoms with Gasteiger partial charge in [-0.1, -0.05) is 6.07 Å². The first kappa shape index (κ1) is 14.6. The van der Waals surface area contributed by atoms with E-state index in [0.29, 0.717) is 11.3 Å². The van der Waals surface area contributed by atoms with E-state index in [9.17, 15) is 14.4 Å². The fourth-order valence-corrected chi connectivity index (χ4v) is 2.27. The third-order valence-corrected chi connectivity index (χ3v) is 3.43. The zero-order valence-electron chi connectivity index (χ0n) is 12.2. The van der Waals surface area contributed by atoms with Gasteiger partial charge < -0.3 is 10.1 Å². The summed E-state index contributed by atoms with van der Waals surface area (Å²) in [4.78, 5) is 36.0. The van der Waals surface area contributed by atoms with Gasteiger partial charge in [0.2, 0.25) is 0 Å². The molecule has 0 spiro atoms. The smallest absolute Gasteiger partial charge is 0.272 e. The summed E-state index contributed by atoms with van der Waals surface area (Å²) in [6, 6.07) is 11.2. The lowest BCUT2D eigenvalue weighted by molar-refractivity contribution is 0.102. The summed E-state index contributed by atoms with van der Waals surface area (Å²) >= 11 is 0. The highest BCUT2D eigenvalue weighted by Gasteiger charge is 2.12. The normalized spacial score (nSPS) is 10.5. The Morgan fingerprint density at radius 2 is 1.70 bits per heavy atom. The molecule has 1 aromatic heterocycles. The Morgan fingerprint density at radius 3 is 2.39 bits per heavy atom. The van der Waals surface area contributed by atoms with Crippen molar-refractivity contribution in [1.29, 1.82) is 0 Å². The van der Waals surface area contributed by atoms with Crippen LogP contribution in [0.2, 0.25) is 0 Å². The first-order chi connectivity index (χ1) is 11.1. The highest BCUT2D eigenvalue weighted by Crippen LogP contribution is 2.18. The molecular weight excluding hydrogens is 298 g/mol. The molecule has 0 fully saturated rings. The van der Waals surface area contributed by atoms with Crippen LogP contribution in [0.4, 0.5) is 5.69 Å². The van der Waals surface area contributed by atoms with Crippen molar-refractivity contribution in [1.82, 2.24) is 10.2 Å². The van der Waals surface area contributed by atoms with E-state index in [1.54, 1.807) is 36.4 Å². The number of carbonyl (C=O) groups excluding carboxylic acids is 1. The van der Waals surface area contributed by atoms with Crippen molar-refractivity contribution in [3.63, 3.8) is 0 Å². The number of rotatable bonds is 3. The molecule has 116 valence electrons. The van der Waals surface area contributed by atoms with Gasteiger partial charge in [0.05, 0.1) is 23.6 Å². The third-order valence-electron chi connectivity index (χ3n) is 3.43. The van der Waals surface area contributed by atoms with Crippen LogP contribution in [0.25, 0.3) is 10.8 Å². The van der Waals surface area contributed by atoms with Gasteiger partial charge in [-0.15, -0.1) is 0 Å². The molecule has 0 aliphatic heterocycles. The van der Waals surface area contributed by atoms with Crippen molar-refractivity contribution in [3.8, 4) is 5.75 Å². The number of hydrogen-bond acceptors (Lipinski definition) is 4. The molecule has 0 saturated heterocycles. The summed E-state index contributed by atoms with van der Waals surface area (Å²) in [6.07, 6.45) is 0. The number of hydrogen-bond donors (Lipinski definition) is 3. The molecule has 0 aliphatic rings. The molecule has 2 aromatic carbocycles. The SMILES string of the molecule is COc1ccc(C(=O)Nc2cccc3c(=O)[nH][nH]c(=O)c23)cc1. The van der Waals surface area contributed by atoms with Crippen LogP contribution in [0.15, 0.2) is 52.1 Å². The lowest BCUT2D eigenvalue weighted by Crippen LogP contribution is -2.21. The number of methoxy groups -OCH3 is 1. The average molecular weight is 311 g/mol. The molecule has 3 N–H and O–H groups in total. The first-order valence-corrected chi connectivity index (χ1v) is 6.79. The number of fused-ring (bicyclic) bond motifs is 1. The van der Waals surface area contributed by atoms with Gasteiger partial charge in [-0.3, -0.25) is 24.6 Å². The number of ether oxygens (including phenoxy) is 1. The Morgan fingerprint density at radius 1 is 1.00 bits per heavy atom. The lowest BCUT2D eigenvalue weighted by Gasteiger charge is -2.08. The summed E-state index contributed by atoms with van der Waals surface area (Å²) in [5, 5.41) is 7.50. The van der Waals surface area contributed by atoms with Gasteiger partial charge >= 0.3 is 0 Å². The van der Waals surface area contributed by atoms with Gasteiger partial charge in [-0.05, 0) is 36.4 Å². The molecule has 0 bridgehead atoms. The summed E-state index contributed by atoms with van der Waals surface area (Å²) in [5.41, 5.74) is -0.231. The summed E-state index contributed by atoms with van der Waals surface area (Å²) in [6.45, 7) is 0. The summed E-state index contributed by atoms with van der Waals surface area (Å²) in [7, 11) is 1.54. The lowest BCUT2D eigenvalue weighted by atomic mass is 10.1. The van der Waals surface area contributed by atoms with Crippen LogP contribution in [-0.4, -0.2) is 23.2 Å². The van der Waals surface area contributed by atoms with Crippen molar-refractivity contribution >= 4 is 22.4 Å². The topological polar surface area (TPSA) is 104 Å². The molecule has 0 aliphatic carbocycles. The number of aromatic amines is 2. The van der Waals surface area contributed by atoms with E-state index in [1.165, 1.54) is 13.2 Å². The highest BCUT2D eigenvalue weighted by molar-refractivity contribution is 6.08. The minimum Gasteiger partial charge on any atom is -0.497 e. The second kappa shape index (κ2) is 5.80. The Balaban J connectivity index is 2.01. The number of carbonyl (C=O) groups is 1. The Labute approximate surface area is 129 Å². The van der Waals surface area contributed by atoms with E-state index in [4.69, 9.17) is 4.74 Å². The summed E-state index contributed by atoms with van der Waals surface area (Å²) < 4.78 is 5.04. The monoisotopic (exact) mass is 311 g/mol. The molecule has 1 amide bonds. The van der Waals surface area contributed by atoms with E-state index in [2.05, 4.69) is 15.5 Å². The minimum absolute atomic E-state index is 0.137. The zero-order chi connectivity index (χ0) is 16.4. The summed E-state index contributed by atoms with van der Waals surface area (Å²) in [5.74, 6) is 0.245. The van der Waals surface area contributed by atoms with Crippen LogP contribution in [0.5, 0.6) is 5.75 Å². The van der Waals surface area contributed by atoms with Gasteiger partial charge in [-0.25, -0.2) is 0 Å². The van der Waals surface area contributed by atoms with Crippen LogP contribution in [0.3, 0.4) is 0 Å². The Kier molecular flexibility index (Phi) is 3.68. The number of benzene rings is 2. The number of anilines is 1. The molecule has 0 radical (unpaired) electrons. The second-order valence-electron chi connectivity index (χ2n) is 4.82. The highest BCUT2D eigenvalue weighted by atomic mass is 16.5. The van der Waals surface area contributed by atoms with Crippen LogP contribution in [-0.2, 0) is 0 Å². The van der Waals surface area contributed by atoms with Gasteiger partial charge in [0.15, 0.2) is 0 Å². The fraction of sp³-hybridized carbons (Fsp3) is 0.0625. The molecule has 0 unspecified atom stereocenters. The predicted molar refractivity (Wildman–Crippen MR) is 86.1 cm³/mol. The standard InChI is InChI=1S/C16H13N3O4/c1-23-10-7-5-9(6-8-10)14(20)17-12-4-2-3-11-13(12)16(22)19-18-15(11)21/h2-8H,1H3,(H,17,20)(H,18,21)(H,19,22). The minimum atomic E-state index is -0.481. The maximum Gasteiger partial charge on any atom is 0.272 e. The molecular formula is C16H13N3O4. The molecule has 3 aromatic rings. The molecule has 0 saturated carbocycles. The molecule has 23 heavy (non-hydrogen) atoms. The fourth-order valence-electron chi connectivity index (χ4n) is 2.27. The van der Waals surface area contributed by atoms with Crippen molar-refractivity contribution in [2.24, 2.45) is 0 Å². The number of aromatic nitrogens is 2. The zero-order valence-corrected chi connectivity index (χ0v) is 12.2.